The fourth-order valence-corrected chi connectivity index (χ4v) is 3.98. The van der Waals surface area contributed by atoms with Gasteiger partial charge in [0.05, 0.1) is 0 Å². The van der Waals surface area contributed by atoms with Gasteiger partial charge in [-0.1, -0.05) is 60.7 Å². The first-order chi connectivity index (χ1) is 16.1. The van der Waals surface area contributed by atoms with Crippen molar-refractivity contribution in [3.8, 4) is 0 Å². The van der Waals surface area contributed by atoms with Crippen LogP contribution in [0.4, 0.5) is 4.79 Å². The summed E-state index contributed by atoms with van der Waals surface area (Å²) in [5.41, 5.74) is 2.44. The van der Waals surface area contributed by atoms with Crippen molar-refractivity contribution in [2.45, 2.75) is 25.9 Å². The van der Waals surface area contributed by atoms with Crippen LogP contribution in [0.1, 0.15) is 24.0 Å². The molecular formula is C26H37N5O2. The zero-order valence-corrected chi connectivity index (χ0v) is 19.7. The third-order valence-electron chi connectivity index (χ3n) is 5.92. The molecule has 0 unspecified atom stereocenters. The van der Waals surface area contributed by atoms with Crippen LogP contribution in [0.2, 0.25) is 0 Å². The maximum atomic E-state index is 12.2. The molecule has 0 saturated carbocycles. The fraction of sp³-hybridized carbons (Fsp3) is 0.462. The monoisotopic (exact) mass is 451 g/mol. The van der Waals surface area contributed by atoms with E-state index in [1.165, 1.54) is 5.56 Å². The second kappa shape index (κ2) is 13.6. The first kappa shape index (κ1) is 24.7. The van der Waals surface area contributed by atoms with Gasteiger partial charge in [0, 0.05) is 65.8 Å². The van der Waals surface area contributed by atoms with Crippen LogP contribution in [0, 0.1) is 0 Å². The molecule has 1 fully saturated rings. The van der Waals surface area contributed by atoms with Gasteiger partial charge in [-0.3, -0.25) is 9.69 Å². The van der Waals surface area contributed by atoms with Crippen LogP contribution < -0.4 is 10.6 Å². The van der Waals surface area contributed by atoms with Crippen molar-refractivity contribution in [2.75, 3.05) is 52.9 Å². The van der Waals surface area contributed by atoms with Crippen molar-refractivity contribution in [3.05, 3.63) is 71.8 Å². The summed E-state index contributed by atoms with van der Waals surface area (Å²) in [5, 5.41) is 5.78. The van der Waals surface area contributed by atoms with Gasteiger partial charge in [0.15, 0.2) is 0 Å². The Morgan fingerprint density at radius 2 is 1.42 bits per heavy atom. The van der Waals surface area contributed by atoms with E-state index in [2.05, 4.69) is 50.8 Å². The lowest BCUT2D eigenvalue weighted by atomic mass is 10.2. The predicted octanol–water partition coefficient (Wildman–Crippen LogP) is 2.54. The number of hydrogen-bond acceptors (Lipinski definition) is 4. The molecule has 1 saturated heterocycles. The SMILES string of the molecule is CN(Cc1ccccc1)C(=O)NCCC(=O)NCCCN1CCN(Cc2ccccc2)CC1. The predicted molar refractivity (Wildman–Crippen MR) is 132 cm³/mol. The molecule has 178 valence electrons. The Morgan fingerprint density at radius 1 is 0.818 bits per heavy atom. The largest absolute Gasteiger partial charge is 0.356 e. The molecular weight excluding hydrogens is 414 g/mol. The minimum atomic E-state index is -0.168. The zero-order valence-electron chi connectivity index (χ0n) is 19.7. The van der Waals surface area contributed by atoms with E-state index in [0.29, 0.717) is 26.1 Å². The van der Waals surface area contributed by atoms with Gasteiger partial charge >= 0.3 is 6.03 Å². The van der Waals surface area contributed by atoms with E-state index in [0.717, 1.165) is 51.3 Å². The molecule has 1 heterocycles. The topological polar surface area (TPSA) is 67.9 Å². The normalized spacial score (nSPS) is 14.6. The van der Waals surface area contributed by atoms with Gasteiger partial charge in [0.1, 0.15) is 0 Å². The summed E-state index contributed by atoms with van der Waals surface area (Å²) in [4.78, 5) is 30.8. The summed E-state index contributed by atoms with van der Waals surface area (Å²) in [6, 6.07) is 20.3. The van der Waals surface area contributed by atoms with E-state index < -0.39 is 0 Å². The van der Waals surface area contributed by atoms with Crippen molar-refractivity contribution < 1.29 is 9.59 Å². The van der Waals surface area contributed by atoms with Crippen molar-refractivity contribution in [3.63, 3.8) is 0 Å². The average molecular weight is 452 g/mol. The number of nitrogens with one attached hydrogen (secondary N) is 2. The summed E-state index contributed by atoms with van der Waals surface area (Å²) in [6.45, 7) is 7.88. The first-order valence-corrected chi connectivity index (χ1v) is 11.9. The Labute approximate surface area is 197 Å². The molecule has 33 heavy (non-hydrogen) atoms. The molecule has 7 heteroatoms. The lowest BCUT2D eigenvalue weighted by Crippen LogP contribution is -2.46. The molecule has 3 rings (SSSR count). The van der Waals surface area contributed by atoms with Crippen LogP contribution in [0.3, 0.4) is 0 Å². The average Bonchev–Trinajstić information content (AvgIpc) is 2.84. The number of urea groups is 1. The lowest BCUT2D eigenvalue weighted by molar-refractivity contribution is -0.120. The maximum absolute atomic E-state index is 12.2. The summed E-state index contributed by atoms with van der Waals surface area (Å²) < 4.78 is 0. The molecule has 1 aliphatic heterocycles. The molecule has 2 N–H and O–H groups in total. The molecule has 0 atom stereocenters. The van der Waals surface area contributed by atoms with E-state index in [1.54, 1.807) is 11.9 Å². The Bertz CT molecular complexity index is 838. The van der Waals surface area contributed by atoms with Crippen LogP contribution in [-0.4, -0.2) is 79.5 Å². The number of carbonyl (C=O) groups excluding carboxylic acids is 2. The number of rotatable bonds is 11. The molecule has 2 aromatic rings. The zero-order chi connectivity index (χ0) is 23.3. The highest BCUT2D eigenvalue weighted by molar-refractivity contribution is 5.78. The highest BCUT2D eigenvalue weighted by atomic mass is 16.2. The highest BCUT2D eigenvalue weighted by Crippen LogP contribution is 2.08. The van der Waals surface area contributed by atoms with Crippen LogP contribution in [0.5, 0.6) is 0 Å². The van der Waals surface area contributed by atoms with Crippen LogP contribution in [-0.2, 0) is 17.9 Å². The Morgan fingerprint density at radius 3 is 2.09 bits per heavy atom. The summed E-state index contributed by atoms with van der Waals surface area (Å²) in [6.07, 6.45) is 1.24. The lowest BCUT2D eigenvalue weighted by Gasteiger charge is -2.34. The van der Waals surface area contributed by atoms with E-state index in [-0.39, 0.29) is 11.9 Å². The molecule has 0 bridgehead atoms. The third-order valence-corrected chi connectivity index (χ3v) is 5.92. The molecule has 0 aliphatic carbocycles. The molecule has 7 nitrogen and oxygen atoms in total. The number of nitrogens with zero attached hydrogens (tertiary/aromatic N) is 3. The van der Waals surface area contributed by atoms with Crippen LogP contribution >= 0.6 is 0 Å². The van der Waals surface area contributed by atoms with Gasteiger partial charge in [-0.2, -0.15) is 0 Å². The number of carbonyl (C=O) groups is 2. The number of piperazine rings is 1. The third kappa shape index (κ3) is 9.24. The Balaban J connectivity index is 1.19. The molecule has 2 aromatic carbocycles. The molecule has 0 aromatic heterocycles. The summed E-state index contributed by atoms with van der Waals surface area (Å²) in [7, 11) is 1.75. The van der Waals surface area contributed by atoms with Crippen LogP contribution in [0.15, 0.2) is 60.7 Å². The van der Waals surface area contributed by atoms with E-state index >= 15 is 0 Å². The number of amides is 3. The van der Waals surface area contributed by atoms with Gasteiger partial charge in [0.25, 0.3) is 0 Å². The van der Waals surface area contributed by atoms with Gasteiger partial charge < -0.3 is 20.4 Å². The fourth-order valence-electron chi connectivity index (χ4n) is 3.98. The van der Waals surface area contributed by atoms with Gasteiger partial charge in [-0.05, 0) is 24.1 Å². The Hall–Kier alpha value is -2.90. The molecule has 3 amide bonds. The van der Waals surface area contributed by atoms with Crippen molar-refractivity contribution in [2.24, 2.45) is 0 Å². The molecule has 0 spiro atoms. The number of hydrogen-bond donors (Lipinski definition) is 2. The Kier molecular flexibility index (Phi) is 10.2. The maximum Gasteiger partial charge on any atom is 0.317 e. The van der Waals surface area contributed by atoms with E-state index in [1.807, 2.05) is 30.3 Å². The number of benzene rings is 2. The standard InChI is InChI=1S/C26H37N5O2/c1-29(21-23-9-4-2-5-10-23)26(33)28-15-13-25(32)27-14-8-16-30-17-19-31(20-18-30)22-24-11-6-3-7-12-24/h2-7,9-12H,8,13-22H2,1H3,(H,27,32)(H,28,33). The van der Waals surface area contributed by atoms with E-state index in [4.69, 9.17) is 0 Å². The molecule has 0 radical (unpaired) electrons. The second-order valence-electron chi connectivity index (χ2n) is 8.63. The van der Waals surface area contributed by atoms with Crippen molar-refractivity contribution in [1.29, 1.82) is 0 Å². The summed E-state index contributed by atoms with van der Waals surface area (Å²) in [5.74, 6) is -0.0197. The quantitative estimate of drug-likeness (QED) is 0.515. The smallest absolute Gasteiger partial charge is 0.317 e. The second-order valence-corrected chi connectivity index (χ2v) is 8.63. The van der Waals surface area contributed by atoms with Crippen molar-refractivity contribution in [1.82, 2.24) is 25.3 Å². The van der Waals surface area contributed by atoms with Crippen molar-refractivity contribution >= 4 is 11.9 Å². The van der Waals surface area contributed by atoms with Gasteiger partial charge in [0.2, 0.25) is 5.91 Å². The highest BCUT2D eigenvalue weighted by Gasteiger charge is 2.16. The first-order valence-electron chi connectivity index (χ1n) is 11.9. The van der Waals surface area contributed by atoms with Crippen LogP contribution in [0.25, 0.3) is 0 Å². The summed E-state index contributed by atoms with van der Waals surface area (Å²) >= 11 is 0. The van der Waals surface area contributed by atoms with Gasteiger partial charge in [-0.25, -0.2) is 4.79 Å². The van der Waals surface area contributed by atoms with E-state index in [9.17, 15) is 9.59 Å². The minimum Gasteiger partial charge on any atom is -0.356 e. The van der Waals surface area contributed by atoms with Gasteiger partial charge in [-0.15, -0.1) is 0 Å². The molecule has 1 aliphatic rings. The minimum absolute atomic E-state index is 0.0197.